The van der Waals surface area contributed by atoms with E-state index in [1.165, 1.54) is 5.56 Å². The minimum Gasteiger partial charge on any atom is -0.306 e. The molecule has 0 N–H and O–H groups in total. The third kappa shape index (κ3) is 5.50. The summed E-state index contributed by atoms with van der Waals surface area (Å²) in [6.07, 6.45) is 3.75. The summed E-state index contributed by atoms with van der Waals surface area (Å²) in [5.41, 5.74) is 4.40. The summed E-state index contributed by atoms with van der Waals surface area (Å²) in [6, 6.07) is 31.0. The highest BCUT2D eigenvalue weighted by Crippen LogP contribution is 2.26. The summed E-state index contributed by atoms with van der Waals surface area (Å²) in [5.74, 6) is 0.0639. The molecule has 1 fully saturated rings. The van der Waals surface area contributed by atoms with Crippen molar-refractivity contribution in [2.75, 3.05) is 18.0 Å². The minimum absolute atomic E-state index is 0.0639. The van der Waals surface area contributed by atoms with Gasteiger partial charge in [0.25, 0.3) is 5.91 Å². The van der Waals surface area contributed by atoms with Crippen molar-refractivity contribution in [1.29, 1.82) is 0 Å². The van der Waals surface area contributed by atoms with Gasteiger partial charge in [-0.3, -0.25) is 9.69 Å². The molecule has 1 amide bonds. The van der Waals surface area contributed by atoms with Gasteiger partial charge in [-0.25, -0.2) is 0 Å². The van der Waals surface area contributed by atoms with Gasteiger partial charge in [-0.1, -0.05) is 78.9 Å². The number of amides is 1. The number of hydrogen-bond donors (Lipinski definition) is 0. The molecule has 3 aromatic rings. The Bertz CT molecular complexity index is 991. The first-order valence-electron chi connectivity index (χ1n) is 11.1. The average molecular weight is 411 g/mol. The Hall–Kier alpha value is -3.17. The van der Waals surface area contributed by atoms with Crippen LogP contribution in [-0.4, -0.2) is 29.9 Å². The molecule has 0 aliphatic carbocycles. The van der Waals surface area contributed by atoms with Crippen LogP contribution in [0.5, 0.6) is 0 Å². The average Bonchev–Trinajstić information content (AvgIpc) is 2.82. The van der Waals surface area contributed by atoms with Crippen LogP contribution in [0.3, 0.4) is 0 Å². The number of piperidine rings is 1. The fraction of sp³-hybridized carbons (Fsp3) is 0.250. The molecule has 31 heavy (non-hydrogen) atoms. The summed E-state index contributed by atoms with van der Waals surface area (Å²) in [5, 5.41) is 0. The second-order valence-corrected chi connectivity index (χ2v) is 8.23. The molecule has 0 radical (unpaired) electrons. The standard InChI is InChI=1S/C28H30N2O/c1-23(25-13-7-3-8-14-25)21-28(31)30(26-15-9-4-10-16-26)27-17-19-29(20-18-27)22-24-11-5-2-6-12-24/h2-16,21,27H,17-20,22H2,1H3. The van der Waals surface area contributed by atoms with Crippen molar-refractivity contribution in [3.63, 3.8) is 0 Å². The largest absolute Gasteiger partial charge is 0.306 e. The molecule has 4 rings (SSSR count). The molecule has 0 spiro atoms. The Labute approximate surface area is 185 Å². The van der Waals surface area contributed by atoms with Gasteiger partial charge in [0.15, 0.2) is 0 Å². The highest BCUT2D eigenvalue weighted by Gasteiger charge is 2.28. The van der Waals surface area contributed by atoms with Crippen LogP contribution < -0.4 is 4.90 Å². The van der Waals surface area contributed by atoms with E-state index in [1.54, 1.807) is 6.08 Å². The van der Waals surface area contributed by atoms with Crippen LogP contribution in [0.1, 0.15) is 30.9 Å². The minimum atomic E-state index is 0.0639. The Morgan fingerprint density at radius 2 is 1.42 bits per heavy atom. The lowest BCUT2D eigenvalue weighted by Crippen LogP contribution is -2.47. The lowest BCUT2D eigenvalue weighted by atomic mass is 10.0. The SMILES string of the molecule is CC(=CC(=O)N(c1ccccc1)C1CCN(Cc2ccccc2)CC1)c1ccccc1. The maximum Gasteiger partial charge on any atom is 0.251 e. The van der Waals surface area contributed by atoms with Gasteiger partial charge in [-0.15, -0.1) is 0 Å². The molecule has 0 bridgehead atoms. The van der Waals surface area contributed by atoms with Gasteiger partial charge in [0, 0.05) is 37.4 Å². The Kier molecular flexibility index (Phi) is 6.96. The van der Waals surface area contributed by atoms with Crippen LogP contribution in [0.4, 0.5) is 5.69 Å². The van der Waals surface area contributed by atoms with E-state index < -0.39 is 0 Å². The molecule has 3 heteroatoms. The molecule has 1 heterocycles. The zero-order valence-corrected chi connectivity index (χ0v) is 18.2. The van der Waals surface area contributed by atoms with Crippen molar-refractivity contribution in [3.05, 3.63) is 108 Å². The van der Waals surface area contributed by atoms with E-state index in [-0.39, 0.29) is 11.9 Å². The number of anilines is 1. The van der Waals surface area contributed by atoms with Crippen molar-refractivity contribution in [1.82, 2.24) is 4.90 Å². The van der Waals surface area contributed by atoms with Gasteiger partial charge < -0.3 is 4.90 Å². The number of allylic oxidation sites excluding steroid dienone is 1. The molecular formula is C28H30N2O. The molecule has 0 atom stereocenters. The molecule has 1 saturated heterocycles. The van der Waals surface area contributed by atoms with Crippen LogP contribution in [0.15, 0.2) is 97.1 Å². The van der Waals surface area contributed by atoms with Gasteiger partial charge >= 0.3 is 0 Å². The number of benzene rings is 3. The van der Waals surface area contributed by atoms with Crippen molar-refractivity contribution in [3.8, 4) is 0 Å². The predicted octanol–water partition coefficient (Wildman–Crippen LogP) is 5.79. The number of nitrogens with zero attached hydrogens (tertiary/aromatic N) is 2. The first-order chi connectivity index (χ1) is 15.2. The number of carbonyl (C=O) groups excluding carboxylic acids is 1. The smallest absolute Gasteiger partial charge is 0.251 e. The quantitative estimate of drug-likeness (QED) is 0.480. The van der Waals surface area contributed by atoms with Crippen LogP contribution >= 0.6 is 0 Å². The van der Waals surface area contributed by atoms with E-state index in [0.29, 0.717) is 0 Å². The first-order valence-corrected chi connectivity index (χ1v) is 11.1. The Balaban J connectivity index is 1.49. The van der Waals surface area contributed by atoms with E-state index in [4.69, 9.17) is 0 Å². The highest BCUT2D eigenvalue weighted by molar-refractivity contribution is 6.06. The number of carbonyl (C=O) groups is 1. The third-order valence-electron chi connectivity index (χ3n) is 6.01. The van der Waals surface area contributed by atoms with Gasteiger partial charge in [-0.2, -0.15) is 0 Å². The fourth-order valence-corrected chi connectivity index (χ4v) is 4.32. The molecule has 0 unspecified atom stereocenters. The van der Waals surface area contributed by atoms with Crippen molar-refractivity contribution in [2.45, 2.75) is 32.4 Å². The Morgan fingerprint density at radius 1 is 0.871 bits per heavy atom. The van der Waals surface area contributed by atoms with Gasteiger partial charge in [0.2, 0.25) is 0 Å². The molecule has 3 aromatic carbocycles. The normalized spacial score (nSPS) is 15.6. The van der Waals surface area contributed by atoms with Crippen molar-refractivity contribution >= 4 is 17.2 Å². The van der Waals surface area contributed by atoms with Crippen LogP contribution in [-0.2, 0) is 11.3 Å². The molecule has 0 saturated carbocycles. The van der Waals surface area contributed by atoms with Crippen molar-refractivity contribution in [2.24, 2.45) is 0 Å². The molecule has 1 aliphatic heterocycles. The summed E-state index contributed by atoms with van der Waals surface area (Å²) < 4.78 is 0. The Morgan fingerprint density at radius 3 is 2.03 bits per heavy atom. The maximum absolute atomic E-state index is 13.4. The topological polar surface area (TPSA) is 23.6 Å². The summed E-state index contributed by atoms with van der Waals surface area (Å²) in [6.45, 7) is 4.98. The second-order valence-electron chi connectivity index (χ2n) is 8.23. The summed E-state index contributed by atoms with van der Waals surface area (Å²) in [4.78, 5) is 17.9. The lowest BCUT2D eigenvalue weighted by Gasteiger charge is -2.38. The lowest BCUT2D eigenvalue weighted by molar-refractivity contribution is -0.114. The van der Waals surface area contributed by atoms with E-state index >= 15 is 0 Å². The molecular weight excluding hydrogens is 380 g/mol. The van der Waals surface area contributed by atoms with Gasteiger partial charge in [0.05, 0.1) is 0 Å². The molecule has 158 valence electrons. The van der Waals surface area contributed by atoms with E-state index in [2.05, 4.69) is 35.2 Å². The molecule has 0 aromatic heterocycles. The van der Waals surface area contributed by atoms with Gasteiger partial charge in [0.1, 0.15) is 0 Å². The predicted molar refractivity (Wildman–Crippen MR) is 129 cm³/mol. The van der Waals surface area contributed by atoms with Crippen LogP contribution in [0.25, 0.3) is 5.57 Å². The molecule has 3 nitrogen and oxygen atoms in total. The van der Waals surface area contributed by atoms with E-state index in [1.807, 2.05) is 72.5 Å². The van der Waals surface area contributed by atoms with E-state index in [0.717, 1.165) is 49.3 Å². The zero-order valence-electron chi connectivity index (χ0n) is 18.2. The summed E-state index contributed by atoms with van der Waals surface area (Å²) >= 11 is 0. The third-order valence-corrected chi connectivity index (χ3v) is 6.01. The monoisotopic (exact) mass is 410 g/mol. The number of hydrogen-bond acceptors (Lipinski definition) is 2. The van der Waals surface area contributed by atoms with Crippen LogP contribution in [0.2, 0.25) is 0 Å². The number of rotatable bonds is 6. The van der Waals surface area contributed by atoms with Crippen molar-refractivity contribution < 1.29 is 4.79 Å². The number of likely N-dealkylation sites (tertiary alicyclic amines) is 1. The van der Waals surface area contributed by atoms with Crippen LogP contribution in [0, 0.1) is 0 Å². The summed E-state index contributed by atoms with van der Waals surface area (Å²) in [7, 11) is 0. The number of para-hydroxylation sites is 1. The highest BCUT2D eigenvalue weighted by atomic mass is 16.2. The maximum atomic E-state index is 13.4. The zero-order chi connectivity index (χ0) is 21.5. The van der Waals surface area contributed by atoms with Gasteiger partial charge in [-0.05, 0) is 48.6 Å². The fourth-order valence-electron chi connectivity index (χ4n) is 4.32. The first kappa shape index (κ1) is 21.1. The second kappa shape index (κ2) is 10.2. The van der Waals surface area contributed by atoms with E-state index in [9.17, 15) is 4.79 Å². The molecule has 1 aliphatic rings.